The second-order valence-corrected chi connectivity index (χ2v) is 7.32. The Morgan fingerprint density at radius 1 is 1.06 bits per heavy atom. The number of carbonyl (C=O) groups excluding carboxylic acids is 2. The van der Waals surface area contributed by atoms with Crippen LogP contribution in [0.3, 0.4) is 0 Å². The van der Waals surface area contributed by atoms with Crippen molar-refractivity contribution in [2.45, 2.75) is 26.6 Å². The van der Waals surface area contributed by atoms with Gasteiger partial charge in [0.15, 0.2) is 28.8 Å². The fourth-order valence-corrected chi connectivity index (χ4v) is 3.09. The van der Waals surface area contributed by atoms with E-state index in [1.165, 1.54) is 29.3 Å². The van der Waals surface area contributed by atoms with Gasteiger partial charge in [-0.2, -0.15) is 13.9 Å². The lowest BCUT2D eigenvalue weighted by atomic mass is 10.3. The average Bonchev–Trinajstić information content (AvgIpc) is 3.62. The van der Waals surface area contributed by atoms with Gasteiger partial charge in [-0.1, -0.05) is 0 Å². The van der Waals surface area contributed by atoms with Crippen molar-refractivity contribution in [1.29, 1.82) is 0 Å². The summed E-state index contributed by atoms with van der Waals surface area (Å²) >= 11 is 0. The summed E-state index contributed by atoms with van der Waals surface area (Å²) in [7, 11) is 0. The Morgan fingerprint density at radius 2 is 1.81 bits per heavy atom. The number of furan rings is 2. The molecule has 0 spiro atoms. The summed E-state index contributed by atoms with van der Waals surface area (Å²) in [5.74, 6) is -9.01. The summed E-state index contributed by atoms with van der Waals surface area (Å²) < 4.78 is 70.9. The minimum Gasteiger partial charge on any atom is -0.479 e. The first-order valence-corrected chi connectivity index (χ1v) is 10.5. The fraction of sp³-hybridized carbons (Fsp3) is 0.174. The minimum atomic E-state index is -1.70. The summed E-state index contributed by atoms with van der Waals surface area (Å²) in [6.45, 7) is 1.69. The third-order valence-electron chi connectivity index (χ3n) is 4.87. The lowest BCUT2D eigenvalue weighted by molar-refractivity contribution is 0.0943. The fourth-order valence-electron chi connectivity index (χ4n) is 3.09. The zero-order valence-electron chi connectivity index (χ0n) is 18.6. The van der Waals surface area contributed by atoms with Crippen molar-refractivity contribution in [3.8, 4) is 5.75 Å². The smallest absolute Gasteiger partial charge is 0.291 e. The molecule has 36 heavy (non-hydrogen) atoms. The van der Waals surface area contributed by atoms with Crippen LogP contribution < -0.4 is 15.4 Å². The van der Waals surface area contributed by atoms with Gasteiger partial charge in [0, 0.05) is 18.8 Å². The van der Waals surface area contributed by atoms with Crippen molar-refractivity contribution in [1.82, 2.24) is 15.1 Å². The van der Waals surface area contributed by atoms with E-state index < -0.39 is 47.4 Å². The molecular formula is C23H18F4N4O5. The number of halogens is 4. The van der Waals surface area contributed by atoms with E-state index in [1.807, 2.05) is 0 Å². The SMILES string of the molecule is CCn1cc(NC(=O)c2ccc(COc3c(F)c(F)cc(F)c3F)o2)c(C(=O)NCc2ccco2)n1. The average molecular weight is 506 g/mol. The van der Waals surface area contributed by atoms with Gasteiger partial charge < -0.3 is 24.2 Å². The molecule has 4 aromatic rings. The van der Waals surface area contributed by atoms with Crippen LogP contribution in [0.25, 0.3) is 0 Å². The van der Waals surface area contributed by atoms with Gasteiger partial charge in [-0.3, -0.25) is 14.3 Å². The van der Waals surface area contributed by atoms with Crippen molar-refractivity contribution >= 4 is 17.5 Å². The van der Waals surface area contributed by atoms with Gasteiger partial charge in [0.1, 0.15) is 18.1 Å². The highest BCUT2D eigenvalue weighted by molar-refractivity contribution is 6.07. The number of hydrogen-bond acceptors (Lipinski definition) is 6. The van der Waals surface area contributed by atoms with Gasteiger partial charge in [-0.15, -0.1) is 0 Å². The highest BCUT2D eigenvalue weighted by atomic mass is 19.2. The Kier molecular flexibility index (Phi) is 7.08. The number of anilines is 1. The molecule has 188 valence electrons. The van der Waals surface area contributed by atoms with Crippen LogP contribution in [0.2, 0.25) is 0 Å². The quantitative estimate of drug-likeness (QED) is 0.257. The van der Waals surface area contributed by atoms with Gasteiger partial charge in [-0.05, 0) is 31.2 Å². The Hall–Kier alpha value is -4.55. The third kappa shape index (κ3) is 5.24. The molecule has 3 aromatic heterocycles. The predicted molar refractivity (Wildman–Crippen MR) is 115 cm³/mol. The molecule has 2 amide bonds. The first-order valence-electron chi connectivity index (χ1n) is 10.5. The highest BCUT2D eigenvalue weighted by Crippen LogP contribution is 2.27. The molecule has 0 fully saturated rings. The number of hydrogen-bond donors (Lipinski definition) is 2. The van der Waals surface area contributed by atoms with E-state index in [2.05, 4.69) is 15.7 Å². The van der Waals surface area contributed by atoms with E-state index in [-0.39, 0.29) is 35.5 Å². The second kappa shape index (κ2) is 10.4. The number of benzene rings is 1. The van der Waals surface area contributed by atoms with Crippen LogP contribution in [-0.4, -0.2) is 21.6 Å². The van der Waals surface area contributed by atoms with Gasteiger partial charge in [0.25, 0.3) is 11.8 Å². The third-order valence-corrected chi connectivity index (χ3v) is 4.87. The van der Waals surface area contributed by atoms with E-state index in [4.69, 9.17) is 13.6 Å². The molecule has 0 aliphatic carbocycles. The number of nitrogens with zero attached hydrogens (tertiary/aromatic N) is 2. The number of amides is 2. The van der Waals surface area contributed by atoms with Crippen molar-refractivity contribution < 1.29 is 40.7 Å². The first-order chi connectivity index (χ1) is 17.3. The number of aryl methyl sites for hydroxylation is 1. The van der Waals surface area contributed by atoms with Gasteiger partial charge >= 0.3 is 0 Å². The Bertz CT molecular complexity index is 1370. The maximum absolute atomic E-state index is 13.7. The molecule has 0 bridgehead atoms. The molecule has 0 aliphatic rings. The van der Waals surface area contributed by atoms with E-state index in [9.17, 15) is 27.2 Å². The monoisotopic (exact) mass is 506 g/mol. The Balaban J connectivity index is 1.43. The molecule has 13 heteroatoms. The lowest BCUT2D eigenvalue weighted by Crippen LogP contribution is -2.25. The number of ether oxygens (including phenoxy) is 1. The largest absolute Gasteiger partial charge is 0.479 e. The summed E-state index contributed by atoms with van der Waals surface area (Å²) in [6, 6.07) is 5.92. The van der Waals surface area contributed by atoms with Gasteiger partial charge in [-0.25, -0.2) is 8.78 Å². The van der Waals surface area contributed by atoms with Gasteiger partial charge in [0.2, 0.25) is 11.6 Å². The van der Waals surface area contributed by atoms with Crippen LogP contribution in [0.15, 0.2) is 51.6 Å². The molecule has 0 radical (unpaired) electrons. The molecule has 3 heterocycles. The highest BCUT2D eigenvalue weighted by Gasteiger charge is 2.23. The molecule has 0 atom stereocenters. The molecule has 9 nitrogen and oxygen atoms in total. The van der Waals surface area contributed by atoms with E-state index >= 15 is 0 Å². The van der Waals surface area contributed by atoms with E-state index in [0.717, 1.165) is 0 Å². The van der Waals surface area contributed by atoms with Crippen molar-refractivity contribution in [2.24, 2.45) is 0 Å². The summed E-state index contributed by atoms with van der Waals surface area (Å²) in [4.78, 5) is 25.3. The van der Waals surface area contributed by atoms with Crippen LogP contribution in [-0.2, 0) is 19.7 Å². The normalized spacial score (nSPS) is 10.9. The molecule has 2 N–H and O–H groups in total. The van der Waals surface area contributed by atoms with Crippen LogP contribution in [0.1, 0.15) is 39.5 Å². The van der Waals surface area contributed by atoms with Crippen LogP contribution in [0, 0.1) is 23.3 Å². The minimum absolute atomic E-state index is 0.0500. The predicted octanol–water partition coefficient (Wildman–Crippen LogP) is 4.41. The van der Waals surface area contributed by atoms with Crippen LogP contribution in [0.4, 0.5) is 23.2 Å². The Morgan fingerprint density at radius 3 is 2.47 bits per heavy atom. The number of aromatic nitrogens is 2. The zero-order valence-corrected chi connectivity index (χ0v) is 18.6. The molecule has 0 saturated heterocycles. The zero-order chi connectivity index (χ0) is 25.8. The standard InChI is InChI=1S/C23H18F4N4O5/c1-2-31-10-16(20(30-31)23(33)28-9-12-4-3-7-34-12)29-22(32)17-6-5-13(36-17)11-35-21-18(26)14(24)8-15(25)19(21)27/h3-8,10H,2,9,11H2,1H3,(H,28,33)(H,29,32). The maximum atomic E-state index is 13.7. The number of carbonyl (C=O) groups is 2. The second-order valence-electron chi connectivity index (χ2n) is 7.32. The Labute approximate surface area is 200 Å². The summed E-state index contributed by atoms with van der Waals surface area (Å²) in [5, 5.41) is 9.30. The van der Waals surface area contributed by atoms with Gasteiger partial charge in [0.05, 0.1) is 18.5 Å². The van der Waals surface area contributed by atoms with Crippen molar-refractivity contribution in [3.63, 3.8) is 0 Å². The molecule has 0 aliphatic heterocycles. The van der Waals surface area contributed by atoms with E-state index in [1.54, 1.807) is 19.1 Å². The topological polar surface area (TPSA) is 112 Å². The van der Waals surface area contributed by atoms with Crippen molar-refractivity contribution in [2.75, 3.05) is 5.32 Å². The molecular weight excluding hydrogens is 488 g/mol. The number of nitrogens with one attached hydrogen (secondary N) is 2. The summed E-state index contributed by atoms with van der Waals surface area (Å²) in [6.07, 6.45) is 2.92. The molecule has 0 saturated carbocycles. The molecule has 0 unspecified atom stereocenters. The van der Waals surface area contributed by atoms with Crippen molar-refractivity contribution in [3.05, 3.63) is 89.0 Å². The number of rotatable bonds is 9. The van der Waals surface area contributed by atoms with Crippen LogP contribution in [0.5, 0.6) is 5.75 Å². The van der Waals surface area contributed by atoms with E-state index in [0.29, 0.717) is 12.3 Å². The summed E-state index contributed by atoms with van der Waals surface area (Å²) in [5.41, 5.74) is 0.0540. The van der Waals surface area contributed by atoms with Crippen LogP contribution >= 0.6 is 0 Å². The lowest BCUT2D eigenvalue weighted by Gasteiger charge is -2.08. The maximum Gasteiger partial charge on any atom is 0.291 e. The first kappa shape index (κ1) is 24.6. The molecule has 1 aromatic carbocycles. The molecule has 4 rings (SSSR count).